The summed E-state index contributed by atoms with van der Waals surface area (Å²) < 4.78 is 1.41. The molecule has 0 saturated carbocycles. The number of aromatic nitrogens is 1. The van der Waals surface area contributed by atoms with E-state index in [1.54, 1.807) is 25.3 Å². The average molecular weight is 249 g/mol. The topological polar surface area (TPSA) is 68.3 Å². The van der Waals surface area contributed by atoms with E-state index in [0.717, 1.165) is 25.9 Å². The number of hydrogen-bond donors (Lipinski definition) is 1. The van der Waals surface area contributed by atoms with Gasteiger partial charge in [-0.2, -0.15) is 0 Å². The maximum Gasteiger partial charge on any atom is 0.274 e. The molecule has 98 valence electrons. The molecule has 0 aromatic carbocycles. The van der Waals surface area contributed by atoms with Gasteiger partial charge in [0.1, 0.15) is 6.04 Å². The molecule has 1 aromatic heterocycles. The molecule has 5 heteroatoms. The van der Waals surface area contributed by atoms with Gasteiger partial charge < -0.3 is 15.2 Å². The Hall–Kier alpha value is -1.78. The van der Waals surface area contributed by atoms with Crippen molar-refractivity contribution in [1.82, 2.24) is 9.47 Å². The van der Waals surface area contributed by atoms with Crippen LogP contribution in [0.25, 0.3) is 0 Å². The third-order valence-electron chi connectivity index (χ3n) is 3.45. The van der Waals surface area contributed by atoms with Gasteiger partial charge in [-0.25, -0.2) is 0 Å². The average Bonchev–Trinajstić information content (AvgIpc) is 2.41. The van der Waals surface area contributed by atoms with Crippen LogP contribution in [0.2, 0.25) is 0 Å². The molecule has 0 radical (unpaired) electrons. The fourth-order valence-corrected chi connectivity index (χ4v) is 2.33. The highest BCUT2D eigenvalue weighted by atomic mass is 16.2. The lowest BCUT2D eigenvalue weighted by Crippen LogP contribution is -2.41. The van der Waals surface area contributed by atoms with Gasteiger partial charge >= 0.3 is 0 Å². The minimum absolute atomic E-state index is 0.00222. The van der Waals surface area contributed by atoms with Crippen LogP contribution in [-0.4, -0.2) is 28.5 Å². The molecule has 0 unspecified atom stereocenters. The molecule has 2 N–H and O–H groups in total. The predicted molar refractivity (Wildman–Crippen MR) is 70.3 cm³/mol. The minimum atomic E-state index is -0.487. The molecule has 0 bridgehead atoms. The number of likely N-dealkylation sites (tertiary alicyclic amines) is 1. The number of nitrogens with two attached hydrogens (primary N) is 1. The second-order valence-electron chi connectivity index (χ2n) is 4.74. The Balaban J connectivity index is 2.20. The van der Waals surface area contributed by atoms with Crippen molar-refractivity contribution in [3.8, 4) is 0 Å². The zero-order chi connectivity index (χ0) is 13.1. The molecule has 0 aliphatic carbocycles. The largest absolute Gasteiger partial charge is 0.394 e. The van der Waals surface area contributed by atoms with Crippen molar-refractivity contribution in [1.29, 1.82) is 0 Å². The van der Waals surface area contributed by atoms with Crippen LogP contribution in [0.5, 0.6) is 0 Å². The van der Waals surface area contributed by atoms with Crippen molar-refractivity contribution in [2.45, 2.75) is 32.2 Å². The Morgan fingerprint density at radius 1 is 1.33 bits per heavy atom. The standard InChI is InChI=1S/C13H19N3O2/c1-10(12(17)15-7-3-2-4-8-15)16-9-5-6-11(14)13(16)18/h5-6,9-10H,2-4,7-8,14H2,1H3/t10-/m0/s1. The van der Waals surface area contributed by atoms with Crippen LogP contribution in [0.3, 0.4) is 0 Å². The summed E-state index contributed by atoms with van der Waals surface area (Å²) in [6.45, 7) is 3.33. The molecule has 18 heavy (non-hydrogen) atoms. The number of carbonyl (C=O) groups is 1. The molecule has 1 aliphatic rings. The third kappa shape index (κ3) is 2.39. The first kappa shape index (κ1) is 12.7. The molecule has 1 aromatic rings. The summed E-state index contributed by atoms with van der Waals surface area (Å²) in [4.78, 5) is 26.0. The Labute approximate surface area is 106 Å². The van der Waals surface area contributed by atoms with Gasteiger partial charge in [-0.15, -0.1) is 0 Å². The monoisotopic (exact) mass is 249 g/mol. The summed E-state index contributed by atoms with van der Waals surface area (Å²) in [5.74, 6) is 0.00222. The quantitative estimate of drug-likeness (QED) is 0.850. The number of rotatable bonds is 2. The van der Waals surface area contributed by atoms with Gasteiger partial charge in [0.2, 0.25) is 5.91 Å². The second kappa shape index (κ2) is 5.25. The number of piperidine rings is 1. The van der Waals surface area contributed by atoms with Crippen LogP contribution in [0.4, 0.5) is 5.69 Å². The highest BCUT2D eigenvalue weighted by molar-refractivity contribution is 5.80. The summed E-state index contributed by atoms with van der Waals surface area (Å²) in [6, 6.07) is 2.76. The van der Waals surface area contributed by atoms with Gasteiger partial charge in [0, 0.05) is 19.3 Å². The Morgan fingerprint density at radius 2 is 2.00 bits per heavy atom. The maximum absolute atomic E-state index is 12.3. The number of nitrogens with zero attached hydrogens (tertiary/aromatic N) is 2. The summed E-state index contributed by atoms with van der Waals surface area (Å²) in [5.41, 5.74) is 5.46. The smallest absolute Gasteiger partial charge is 0.274 e. The van der Waals surface area contributed by atoms with Gasteiger partial charge in [0.15, 0.2) is 0 Å². The van der Waals surface area contributed by atoms with Crippen LogP contribution in [0.1, 0.15) is 32.2 Å². The van der Waals surface area contributed by atoms with Crippen molar-refractivity contribution in [3.63, 3.8) is 0 Å². The Morgan fingerprint density at radius 3 is 2.67 bits per heavy atom. The zero-order valence-electron chi connectivity index (χ0n) is 10.6. The highest BCUT2D eigenvalue weighted by Crippen LogP contribution is 2.14. The number of amides is 1. The lowest BCUT2D eigenvalue weighted by molar-refractivity contribution is -0.135. The van der Waals surface area contributed by atoms with Crippen molar-refractivity contribution in [3.05, 3.63) is 28.7 Å². The second-order valence-corrected chi connectivity index (χ2v) is 4.74. The molecule has 1 atom stereocenters. The molecular formula is C13H19N3O2. The Bertz CT molecular complexity index is 489. The van der Waals surface area contributed by atoms with E-state index in [-0.39, 0.29) is 17.2 Å². The van der Waals surface area contributed by atoms with E-state index < -0.39 is 6.04 Å². The predicted octanol–water partition coefficient (Wildman–Crippen LogP) is 1.00. The number of nitrogen functional groups attached to an aromatic ring is 1. The molecular weight excluding hydrogens is 230 g/mol. The van der Waals surface area contributed by atoms with Crippen LogP contribution < -0.4 is 11.3 Å². The van der Waals surface area contributed by atoms with Gasteiger partial charge in [-0.05, 0) is 38.3 Å². The van der Waals surface area contributed by atoms with E-state index in [4.69, 9.17) is 5.73 Å². The first-order chi connectivity index (χ1) is 8.61. The van der Waals surface area contributed by atoms with Crippen LogP contribution in [0.15, 0.2) is 23.1 Å². The van der Waals surface area contributed by atoms with Crippen LogP contribution >= 0.6 is 0 Å². The SMILES string of the molecule is C[C@@H](C(=O)N1CCCCC1)n1cccc(N)c1=O. The van der Waals surface area contributed by atoms with Crippen molar-refractivity contribution in [2.24, 2.45) is 0 Å². The third-order valence-corrected chi connectivity index (χ3v) is 3.45. The number of pyridine rings is 1. The lowest BCUT2D eigenvalue weighted by atomic mass is 10.1. The molecule has 1 amide bonds. The van der Waals surface area contributed by atoms with E-state index in [2.05, 4.69) is 0 Å². The lowest BCUT2D eigenvalue weighted by Gasteiger charge is -2.29. The highest BCUT2D eigenvalue weighted by Gasteiger charge is 2.23. The van der Waals surface area contributed by atoms with Crippen LogP contribution in [0, 0.1) is 0 Å². The Kier molecular flexibility index (Phi) is 3.69. The molecule has 1 aliphatic heterocycles. The fraction of sp³-hybridized carbons (Fsp3) is 0.538. The van der Waals surface area contributed by atoms with Gasteiger partial charge in [0.05, 0.1) is 5.69 Å². The van der Waals surface area contributed by atoms with Gasteiger partial charge in [-0.3, -0.25) is 9.59 Å². The van der Waals surface area contributed by atoms with E-state index in [9.17, 15) is 9.59 Å². The van der Waals surface area contributed by atoms with E-state index >= 15 is 0 Å². The minimum Gasteiger partial charge on any atom is -0.394 e. The van der Waals surface area contributed by atoms with Crippen LogP contribution in [-0.2, 0) is 4.79 Å². The van der Waals surface area contributed by atoms with Crippen molar-refractivity contribution >= 4 is 11.6 Å². The summed E-state index contributed by atoms with van der Waals surface area (Å²) in [6.07, 6.45) is 4.89. The maximum atomic E-state index is 12.3. The molecule has 1 saturated heterocycles. The number of hydrogen-bond acceptors (Lipinski definition) is 3. The van der Waals surface area contributed by atoms with Crippen molar-refractivity contribution in [2.75, 3.05) is 18.8 Å². The summed E-state index contributed by atoms with van der Waals surface area (Å²) >= 11 is 0. The normalized spacial score (nSPS) is 17.5. The van der Waals surface area contributed by atoms with E-state index in [1.807, 2.05) is 4.90 Å². The van der Waals surface area contributed by atoms with E-state index in [0.29, 0.717) is 0 Å². The summed E-state index contributed by atoms with van der Waals surface area (Å²) in [5, 5.41) is 0. The van der Waals surface area contributed by atoms with Gasteiger partial charge in [0.25, 0.3) is 5.56 Å². The first-order valence-corrected chi connectivity index (χ1v) is 6.36. The molecule has 2 heterocycles. The zero-order valence-corrected chi connectivity index (χ0v) is 10.6. The molecule has 0 spiro atoms. The van der Waals surface area contributed by atoms with E-state index in [1.165, 1.54) is 11.0 Å². The van der Waals surface area contributed by atoms with Gasteiger partial charge in [-0.1, -0.05) is 0 Å². The summed E-state index contributed by atoms with van der Waals surface area (Å²) in [7, 11) is 0. The first-order valence-electron chi connectivity index (χ1n) is 6.36. The van der Waals surface area contributed by atoms with Crippen molar-refractivity contribution < 1.29 is 4.79 Å². The molecule has 1 fully saturated rings. The number of carbonyl (C=O) groups excluding carboxylic acids is 1. The molecule has 5 nitrogen and oxygen atoms in total. The molecule has 2 rings (SSSR count). The fourth-order valence-electron chi connectivity index (χ4n) is 2.33. The number of anilines is 1.